The zero-order valence-corrected chi connectivity index (χ0v) is 28.5. The van der Waals surface area contributed by atoms with Crippen LogP contribution in [-0.4, -0.2) is 81.7 Å². The number of imide groups is 2. The molecule has 4 aromatic carbocycles. The molecule has 0 spiro atoms. The Hall–Kier alpha value is -4.62. The number of amides is 4. The van der Waals surface area contributed by atoms with Gasteiger partial charge in [-0.3, -0.25) is 29.0 Å². The summed E-state index contributed by atoms with van der Waals surface area (Å²) in [7, 11) is 0. The zero-order valence-electron chi connectivity index (χ0n) is 26.8. The van der Waals surface area contributed by atoms with E-state index < -0.39 is 0 Å². The van der Waals surface area contributed by atoms with Crippen molar-refractivity contribution in [3.8, 4) is 0 Å². The topological polar surface area (TPSA) is 125 Å². The van der Waals surface area contributed by atoms with Crippen LogP contribution in [0.1, 0.15) is 65.3 Å². The van der Waals surface area contributed by atoms with Gasteiger partial charge in [0, 0.05) is 70.9 Å². The molecule has 242 valence electrons. The number of hydrogen-bond donors (Lipinski definition) is 2. The first-order chi connectivity index (χ1) is 23.1. The van der Waals surface area contributed by atoms with Crippen LogP contribution in [0, 0.1) is 13.8 Å². The average Bonchev–Trinajstić information content (AvgIpc) is 3.64. The molecule has 10 nitrogen and oxygen atoms in total. The van der Waals surface area contributed by atoms with Crippen LogP contribution in [0.3, 0.4) is 0 Å². The summed E-state index contributed by atoms with van der Waals surface area (Å²) >= 11 is 3.13. The number of aromatic nitrogens is 2. The summed E-state index contributed by atoms with van der Waals surface area (Å²) in [6.45, 7) is 9.54. The number of thiazole rings is 2. The first-order valence-corrected chi connectivity index (χ1v) is 17.6. The summed E-state index contributed by atoms with van der Waals surface area (Å²) in [4.78, 5) is 66.5. The quantitative estimate of drug-likeness (QED) is 0.148. The molecule has 4 heterocycles. The van der Waals surface area contributed by atoms with Gasteiger partial charge in [0.15, 0.2) is 0 Å². The monoisotopic (exact) mass is 676 g/mol. The largest absolute Gasteiger partial charge is 0.313 e. The summed E-state index contributed by atoms with van der Waals surface area (Å²) in [6, 6.07) is 14.1. The van der Waals surface area contributed by atoms with Crippen LogP contribution in [-0.2, 0) is 0 Å². The van der Waals surface area contributed by atoms with Crippen LogP contribution >= 0.6 is 22.7 Å². The molecule has 2 aromatic heterocycles. The van der Waals surface area contributed by atoms with E-state index in [2.05, 4.69) is 20.6 Å². The highest BCUT2D eigenvalue weighted by Gasteiger charge is 2.38. The second-order valence-electron chi connectivity index (χ2n) is 12.5. The molecule has 6 aromatic rings. The lowest BCUT2D eigenvalue weighted by atomic mass is 9.92. The van der Waals surface area contributed by atoms with Gasteiger partial charge in [-0.15, -0.1) is 22.7 Å². The van der Waals surface area contributed by atoms with Crippen molar-refractivity contribution in [2.24, 2.45) is 0 Å². The number of benzene rings is 4. The van der Waals surface area contributed by atoms with Crippen LogP contribution in [0.5, 0.6) is 0 Å². The molecule has 2 N–H and O–H groups in total. The number of nitrogens with zero attached hydrogens (tertiary/aromatic N) is 4. The highest BCUT2D eigenvalue weighted by atomic mass is 32.1. The summed E-state index contributed by atoms with van der Waals surface area (Å²) in [5.41, 5.74) is 3.62. The predicted octanol–water partition coefficient (Wildman–Crippen LogP) is 5.68. The number of nitrogens with one attached hydrogen (secondary N) is 2. The molecule has 0 radical (unpaired) electrons. The van der Waals surface area contributed by atoms with Crippen molar-refractivity contribution in [3.63, 3.8) is 0 Å². The van der Waals surface area contributed by atoms with Gasteiger partial charge in [-0.1, -0.05) is 24.3 Å². The van der Waals surface area contributed by atoms with E-state index in [1.165, 1.54) is 9.80 Å². The fourth-order valence-electron chi connectivity index (χ4n) is 7.13. The molecule has 0 unspecified atom stereocenters. The Morgan fingerprint density at radius 3 is 1.44 bits per heavy atom. The van der Waals surface area contributed by atoms with Crippen molar-refractivity contribution < 1.29 is 19.2 Å². The molecule has 12 heteroatoms. The fourth-order valence-corrected chi connectivity index (χ4v) is 8.99. The summed E-state index contributed by atoms with van der Waals surface area (Å²) in [5, 5.41) is 11.7. The Kier molecular flexibility index (Phi) is 7.37. The first kappa shape index (κ1) is 30.7. The maximum Gasteiger partial charge on any atom is 0.261 e. The normalized spacial score (nSPS) is 15.9. The van der Waals surface area contributed by atoms with Crippen LogP contribution in [0.25, 0.3) is 42.0 Å². The molecule has 0 saturated heterocycles. The molecule has 2 aliphatic heterocycles. The van der Waals surface area contributed by atoms with E-state index in [9.17, 15) is 19.2 Å². The highest BCUT2D eigenvalue weighted by molar-refractivity contribution is 7.19. The molecule has 8 rings (SSSR count). The van der Waals surface area contributed by atoms with E-state index in [1.54, 1.807) is 34.8 Å². The van der Waals surface area contributed by atoms with Crippen LogP contribution in [0.15, 0.2) is 48.5 Å². The number of fused-ring (bicyclic) bond motifs is 4. The van der Waals surface area contributed by atoms with Gasteiger partial charge in [-0.2, -0.15) is 0 Å². The van der Waals surface area contributed by atoms with Crippen LogP contribution in [0.2, 0.25) is 0 Å². The van der Waals surface area contributed by atoms with Gasteiger partial charge >= 0.3 is 0 Å². The van der Waals surface area contributed by atoms with E-state index in [1.807, 2.05) is 64.1 Å². The first-order valence-electron chi connectivity index (χ1n) is 16.0. The molecular formula is C36H32N6O4S2. The summed E-state index contributed by atoms with van der Waals surface area (Å²) in [5.74, 6) is -1.20. The Balaban J connectivity index is 0.899. The third-order valence-electron chi connectivity index (χ3n) is 9.28. The van der Waals surface area contributed by atoms with E-state index in [0.717, 1.165) is 41.2 Å². The minimum atomic E-state index is -0.389. The fraction of sp³-hybridized carbons (Fsp3) is 0.278. The van der Waals surface area contributed by atoms with E-state index in [4.69, 9.17) is 0 Å². The van der Waals surface area contributed by atoms with Crippen molar-refractivity contribution in [2.75, 3.05) is 26.2 Å². The molecule has 48 heavy (non-hydrogen) atoms. The predicted molar refractivity (Wildman–Crippen MR) is 189 cm³/mol. The van der Waals surface area contributed by atoms with Gasteiger partial charge in [0.05, 0.1) is 41.6 Å². The molecule has 2 atom stereocenters. The van der Waals surface area contributed by atoms with Gasteiger partial charge < -0.3 is 10.6 Å². The van der Waals surface area contributed by atoms with Crippen molar-refractivity contribution in [2.45, 2.75) is 39.8 Å². The molecular weight excluding hydrogens is 645 g/mol. The molecule has 4 amide bonds. The lowest BCUT2D eigenvalue weighted by molar-refractivity contribution is 0.0532. The third-order valence-corrected chi connectivity index (χ3v) is 11.3. The smallest absolute Gasteiger partial charge is 0.261 e. The number of carbonyl (C=O) groups excluding carboxylic acids is 4. The van der Waals surface area contributed by atoms with Crippen molar-refractivity contribution >= 4 is 88.3 Å². The van der Waals surface area contributed by atoms with Gasteiger partial charge in [-0.05, 0) is 52.0 Å². The highest BCUT2D eigenvalue weighted by Crippen LogP contribution is 2.39. The van der Waals surface area contributed by atoms with Crippen molar-refractivity contribution in [1.82, 2.24) is 30.4 Å². The zero-order chi connectivity index (χ0) is 33.4. The Morgan fingerprint density at radius 1 is 0.625 bits per heavy atom. The number of hydrogen-bond acceptors (Lipinski definition) is 10. The molecule has 0 bridgehead atoms. The second kappa shape index (κ2) is 11.5. The average molecular weight is 677 g/mol. The Labute approximate surface area is 283 Å². The van der Waals surface area contributed by atoms with Crippen LogP contribution < -0.4 is 10.6 Å². The lowest BCUT2D eigenvalue weighted by Gasteiger charge is -2.32. The minimum Gasteiger partial charge on any atom is -0.313 e. The maximum absolute atomic E-state index is 13.7. The van der Waals surface area contributed by atoms with Crippen molar-refractivity contribution in [1.29, 1.82) is 0 Å². The molecule has 0 fully saturated rings. The lowest BCUT2D eigenvalue weighted by Crippen LogP contribution is -2.51. The van der Waals surface area contributed by atoms with Gasteiger partial charge in [0.25, 0.3) is 23.6 Å². The third kappa shape index (κ3) is 4.66. The second-order valence-corrected chi connectivity index (χ2v) is 14.9. The molecule has 2 aliphatic rings. The summed E-state index contributed by atoms with van der Waals surface area (Å²) in [6.07, 6.45) is 0. The minimum absolute atomic E-state index is 0.293. The Bertz CT molecular complexity index is 2210. The standard InChI is InChI=1S/C36H32N6O4S2/c1-17(41-33(43)23-9-5-7-21-29(23)25(35(41)45)13-27-31(21)47-19(3)39-27)15-37-11-12-38-16-18(2)42-34(44)24-10-6-8-22-30(24)26(36(42)46)14-28-32(22)48-20(4)40-28/h5-10,13-14,17-18,37-38H,11-12,15-16H2,1-4H3/t17-,18-/m1/s1. The SMILES string of the molecule is Cc1nc2cc3c4c(cccc4c2s1)C(=O)N([C@H](C)CNCCNC[C@@H](C)N1C(=O)c2cccc4c2c(cc2nc(C)sc24)C1=O)C3=O. The van der Waals surface area contributed by atoms with Gasteiger partial charge in [-0.25, -0.2) is 9.97 Å². The van der Waals surface area contributed by atoms with Gasteiger partial charge in [0.1, 0.15) is 0 Å². The van der Waals surface area contributed by atoms with Crippen molar-refractivity contribution in [3.05, 3.63) is 80.8 Å². The van der Waals surface area contributed by atoms with E-state index in [-0.39, 0.29) is 35.7 Å². The maximum atomic E-state index is 13.7. The van der Waals surface area contributed by atoms with Gasteiger partial charge in [0.2, 0.25) is 0 Å². The summed E-state index contributed by atoms with van der Waals surface area (Å²) < 4.78 is 1.98. The number of aryl methyl sites for hydroxylation is 2. The molecule has 0 aliphatic carbocycles. The van der Waals surface area contributed by atoms with E-state index >= 15 is 0 Å². The Morgan fingerprint density at radius 2 is 1.02 bits per heavy atom. The number of carbonyl (C=O) groups is 4. The van der Waals surface area contributed by atoms with E-state index in [0.29, 0.717) is 59.2 Å². The number of rotatable bonds is 9. The molecule has 0 saturated carbocycles. The van der Waals surface area contributed by atoms with Crippen LogP contribution in [0.4, 0.5) is 0 Å².